The Labute approximate surface area is 98.3 Å². The predicted molar refractivity (Wildman–Crippen MR) is 64.5 cm³/mol. The molecule has 4 nitrogen and oxygen atoms in total. The first-order chi connectivity index (χ1) is 7.70. The quantitative estimate of drug-likeness (QED) is 0.722. The second kappa shape index (κ2) is 6.74. The second-order valence-electron chi connectivity index (χ2n) is 4.50. The molecule has 1 unspecified atom stereocenters. The van der Waals surface area contributed by atoms with E-state index in [0.717, 1.165) is 13.0 Å². The molecule has 94 valence electrons. The van der Waals surface area contributed by atoms with E-state index in [1.54, 1.807) is 7.11 Å². The van der Waals surface area contributed by atoms with Crippen molar-refractivity contribution >= 4 is 6.03 Å². The van der Waals surface area contributed by atoms with E-state index in [0.29, 0.717) is 25.1 Å². The van der Waals surface area contributed by atoms with Crippen LogP contribution in [0.15, 0.2) is 0 Å². The van der Waals surface area contributed by atoms with Gasteiger partial charge in [0.1, 0.15) is 0 Å². The van der Waals surface area contributed by atoms with Gasteiger partial charge in [0, 0.05) is 26.2 Å². The molecule has 0 spiro atoms. The van der Waals surface area contributed by atoms with Gasteiger partial charge < -0.3 is 15.0 Å². The predicted octanol–water partition coefficient (Wildman–Crippen LogP) is 1.85. The van der Waals surface area contributed by atoms with Crippen LogP contribution in [0.25, 0.3) is 0 Å². The molecule has 1 aliphatic rings. The van der Waals surface area contributed by atoms with Crippen LogP contribution in [0.2, 0.25) is 0 Å². The van der Waals surface area contributed by atoms with Crippen molar-refractivity contribution in [1.82, 2.24) is 10.2 Å². The number of hydrogen-bond donors (Lipinski definition) is 1. The summed E-state index contributed by atoms with van der Waals surface area (Å²) in [6, 6.07) is 0.394. The van der Waals surface area contributed by atoms with E-state index in [4.69, 9.17) is 4.74 Å². The lowest BCUT2D eigenvalue weighted by atomic mass is 10.2. The molecule has 0 aromatic carbocycles. The van der Waals surface area contributed by atoms with Crippen molar-refractivity contribution in [1.29, 1.82) is 0 Å². The van der Waals surface area contributed by atoms with Crippen LogP contribution >= 0.6 is 0 Å². The number of urea groups is 1. The minimum absolute atomic E-state index is 0.0540. The molecule has 0 bridgehead atoms. The normalized spacial score (nSPS) is 16.9. The number of amides is 2. The van der Waals surface area contributed by atoms with Crippen LogP contribution in [-0.4, -0.2) is 43.8 Å². The van der Waals surface area contributed by atoms with E-state index in [9.17, 15) is 4.79 Å². The van der Waals surface area contributed by atoms with Gasteiger partial charge in [0.05, 0.1) is 6.61 Å². The molecule has 0 heterocycles. The lowest BCUT2D eigenvalue weighted by Crippen LogP contribution is -2.47. The molecule has 0 aromatic rings. The highest BCUT2D eigenvalue weighted by molar-refractivity contribution is 5.74. The molecule has 1 N–H and O–H groups in total. The van der Waals surface area contributed by atoms with Gasteiger partial charge in [-0.15, -0.1) is 0 Å². The highest BCUT2D eigenvalue weighted by atomic mass is 16.5. The summed E-state index contributed by atoms with van der Waals surface area (Å²) in [6.07, 6.45) is 3.49. The fourth-order valence-electron chi connectivity index (χ4n) is 1.85. The highest BCUT2D eigenvalue weighted by Crippen LogP contribution is 2.35. The summed E-state index contributed by atoms with van der Waals surface area (Å²) < 4.78 is 5.06. The summed E-state index contributed by atoms with van der Waals surface area (Å²) in [7, 11) is 1.67. The molecule has 0 aliphatic heterocycles. The topological polar surface area (TPSA) is 41.6 Å². The van der Waals surface area contributed by atoms with Gasteiger partial charge in [-0.2, -0.15) is 0 Å². The number of carbonyl (C=O) groups excluding carboxylic acids is 1. The van der Waals surface area contributed by atoms with E-state index in [-0.39, 0.29) is 6.03 Å². The number of nitrogens with one attached hydrogen (secondary N) is 1. The van der Waals surface area contributed by atoms with Crippen LogP contribution in [-0.2, 0) is 4.74 Å². The second-order valence-corrected chi connectivity index (χ2v) is 4.50. The van der Waals surface area contributed by atoms with Gasteiger partial charge in [0.2, 0.25) is 0 Å². The average molecular weight is 228 g/mol. The molecule has 1 fully saturated rings. The van der Waals surface area contributed by atoms with E-state index >= 15 is 0 Å². The van der Waals surface area contributed by atoms with Crippen LogP contribution in [0.4, 0.5) is 4.79 Å². The Morgan fingerprint density at radius 3 is 2.75 bits per heavy atom. The molecule has 1 aliphatic carbocycles. The molecule has 1 atom stereocenters. The summed E-state index contributed by atoms with van der Waals surface area (Å²) in [5.74, 6) is 0.698. The number of hydrogen-bond acceptors (Lipinski definition) is 2. The van der Waals surface area contributed by atoms with Crippen LogP contribution < -0.4 is 5.32 Å². The highest BCUT2D eigenvalue weighted by Gasteiger charge is 2.33. The van der Waals surface area contributed by atoms with Crippen LogP contribution in [0.3, 0.4) is 0 Å². The molecule has 0 radical (unpaired) electrons. The number of ether oxygens (including phenoxy) is 1. The largest absolute Gasteiger partial charge is 0.383 e. The standard InChI is InChI=1S/C12H24N2O2/c1-4-7-13-12(15)14(8-9-16-3)10(2)11-5-6-11/h10-11H,4-9H2,1-3H3,(H,13,15). The maximum atomic E-state index is 11.9. The lowest BCUT2D eigenvalue weighted by molar-refractivity contribution is 0.127. The van der Waals surface area contributed by atoms with Gasteiger partial charge in [-0.1, -0.05) is 6.92 Å². The summed E-state index contributed by atoms with van der Waals surface area (Å²) in [5.41, 5.74) is 0. The van der Waals surface area contributed by atoms with Crippen molar-refractivity contribution in [2.45, 2.75) is 39.2 Å². The van der Waals surface area contributed by atoms with Crippen LogP contribution in [0, 0.1) is 5.92 Å². The third kappa shape index (κ3) is 4.00. The van der Waals surface area contributed by atoms with E-state index in [1.165, 1.54) is 12.8 Å². The minimum Gasteiger partial charge on any atom is -0.383 e. The summed E-state index contributed by atoms with van der Waals surface area (Å²) >= 11 is 0. The molecule has 4 heteroatoms. The van der Waals surface area contributed by atoms with E-state index in [2.05, 4.69) is 19.2 Å². The van der Waals surface area contributed by atoms with Crippen molar-refractivity contribution in [2.75, 3.05) is 26.8 Å². The monoisotopic (exact) mass is 228 g/mol. The zero-order valence-corrected chi connectivity index (χ0v) is 10.7. The maximum Gasteiger partial charge on any atom is 0.317 e. The first-order valence-corrected chi connectivity index (χ1v) is 6.24. The molecular formula is C12H24N2O2. The molecule has 2 amide bonds. The fourth-order valence-corrected chi connectivity index (χ4v) is 1.85. The number of methoxy groups -OCH3 is 1. The van der Waals surface area contributed by atoms with Crippen molar-refractivity contribution in [3.63, 3.8) is 0 Å². The summed E-state index contributed by atoms with van der Waals surface area (Å²) in [5, 5.41) is 2.94. The van der Waals surface area contributed by atoms with Crippen molar-refractivity contribution in [3.8, 4) is 0 Å². The third-order valence-electron chi connectivity index (χ3n) is 3.12. The Balaban J connectivity index is 2.43. The van der Waals surface area contributed by atoms with Gasteiger partial charge in [0.25, 0.3) is 0 Å². The van der Waals surface area contributed by atoms with Gasteiger partial charge >= 0.3 is 6.03 Å². The maximum absolute atomic E-state index is 11.9. The first kappa shape index (κ1) is 13.3. The van der Waals surface area contributed by atoms with Gasteiger partial charge in [0.15, 0.2) is 0 Å². The van der Waals surface area contributed by atoms with Crippen molar-refractivity contribution in [2.24, 2.45) is 5.92 Å². The Morgan fingerprint density at radius 1 is 1.56 bits per heavy atom. The van der Waals surface area contributed by atoms with Gasteiger partial charge in [-0.3, -0.25) is 0 Å². The number of rotatable bonds is 7. The Kier molecular flexibility index (Phi) is 5.60. The molecule has 1 saturated carbocycles. The molecule has 0 saturated heterocycles. The zero-order chi connectivity index (χ0) is 12.0. The smallest absolute Gasteiger partial charge is 0.317 e. The average Bonchev–Trinajstić information content (AvgIpc) is 3.10. The van der Waals surface area contributed by atoms with E-state index < -0.39 is 0 Å². The Hall–Kier alpha value is -0.770. The van der Waals surface area contributed by atoms with Crippen molar-refractivity contribution < 1.29 is 9.53 Å². The Bertz CT molecular complexity index is 217. The van der Waals surface area contributed by atoms with Crippen molar-refractivity contribution in [3.05, 3.63) is 0 Å². The molecule has 0 aromatic heterocycles. The minimum atomic E-state index is 0.0540. The Morgan fingerprint density at radius 2 is 2.25 bits per heavy atom. The van der Waals surface area contributed by atoms with Crippen LogP contribution in [0.5, 0.6) is 0 Å². The van der Waals surface area contributed by atoms with Crippen LogP contribution in [0.1, 0.15) is 33.1 Å². The zero-order valence-electron chi connectivity index (χ0n) is 10.7. The number of nitrogens with zero attached hydrogens (tertiary/aromatic N) is 1. The molecular weight excluding hydrogens is 204 g/mol. The third-order valence-corrected chi connectivity index (χ3v) is 3.12. The van der Waals surface area contributed by atoms with Gasteiger partial charge in [-0.25, -0.2) is 4.79 Å². The lowest BCUT2D eigenvalue weighted by Gasteiger charge is -2.29. The van der Waals surface area contributed by atoms with Gasteiger partial charge in [-0.05, 0) is 32.1 Å². The summed E-state index contributed by atoms with van der Waals surface area (Å²) in [4.78, 5) is 13.9. The molecule has 16 heavy (non-hydrogen) atoms. The molecule has 1 rings (SSSR count). The first-order valence-electron chi connectivity index (χ1n) is 6.24. The fraction of sp³-hybridized carbons (Fsp3) is 0.917. The van der Waals surface area contributed by atoms with E-state index in [1.807, 2.05) is 4.90 Å². The SMILES string of the molecule is CCCNC(=O)N(CCOC)C(C)C1CC1. The number of carbonyl (C=O) groups is 1. The summed E-state index contributed by atoms with van der Waals surface area (Å²) in [6.45, 7) is 6.24.